The van der Waals surface area contributed by atoms with Crippen molar-refractivity contribution in [3.8, 4) is 0 Å². The molecule has 0 amide bonds. The molecular formula is C16H6ClN3O4. The summed E-state index contributed by atoms with van der Waals surface area (Å²) in [7, 11) is 0. The quantitative estimate of drug-likeness (QED) is 0.394. The van der Waals surface area contributed by atoms with Gasteiger partial charge in [-0.1, -0.05) is 17.7 Å². The maximum atomic E-state index is 12.3. The molecule has 2 aromatic carbocycles. The minimum Gasteiger partial charge on any atom is -0.354 e. The van der Waals surface area contributed by atoms with Gasteiger partial charge < -0.3 is 4.98 Å². The topological polar surface area (TPSA) is 116 Å². The Morgan fingerprint density at radius 3 is 1.88 bits per heavy atom. The van der Waals surface area contributed by atoms with Crippen LogP contribution in [-0.4, -0.2) is 15.0 Å². The Kier molecular flexibility index (Phi) is 2.22. The van der Waals surface area contributed by atoms with Crippen LogP contribution in [0.4, 0.5) is 0 Å². The van der Waals surface area contributed by atoms with E-state index in [2.05, 4.69) is 15.0 Å². The van der Waals surface area contributed by atoms with E-state index >= 15 is 0 Å². The molecule has 5 rings (SSSR count). The predicted octanol–water partition coefficient (Wildman–Crippen LogP) is 1.25. The van der Waals surface area contributed by atoms with Crippen LogP contribution in [0.15, 0.2) is 37.4 Å². The van der Waals surface area contributed by atoms with E-state index in [0.717, 1.165) is 0 Å². The summed E-state index contributed by atoms with van der Waals surface area (Å²) in [6.45, 7) is 0. The fourth-order valence-electron chi connectivity index (χ4n) is 3.48. The van der Waals surface area contributed by atoms with Gasteiger partial charge in [0.15, 0.2) is 0 Å². The highest BCUT2D eigenvalue weighted by atomic mass is 35.5. The van der Waals surface area contributed by atoms with Crippen molar-refractivity contribution >= 4 is 55.0 Å². The largest absolute Gasteiger partial charge is 0.354 e. The molecular weight excluding hydrogens is 334 g/mol. The Bertz CT molecular complexity index is 1540. The Morgan fingerprint density at radius 1 is 0.667 bits per heavy atom. The fourth-order valence-corrected chi connectivity index (χ4v) is 3.65. The molecule has 0 fully saturated rings. The predicted molar refractivity (Wildman–Crippen MR) is 92.0 cm³/mol. The van der Waals surface area contributed by atoms with Crippen LogP contribution in [-0.2, 0) is 0 Å². The fraction of sp³-hybridized carbons (Fsp3) is 0. The Balaban J connectivity index is 2.36. The number of aromatic amines is 3. The first kappa shape index (κ1) is 13.3. The number of H-pyrrole nitrogens is 3. The number of rotatable bonds is 0. The van der Waals surface area contributed by atoms with E-state index in [9.17, 15) is 19.2 Å². The number of aromatic nitrogens is 3. The van der Waals surface area contributed by atoms with Crippen molar-refractivity contribution in [2.75, 3.05) is 0 Å². The first-order chi connectivity index (χ1) is 11.5. The van der Waals surface area contributed by atoms with E-state index in [1.165, 1.54) is 0 Å². The molecule has 0 radical (unpaired) electrons. The molecule has 24 heavy (non-hydrogen) atoms. The molecule has 8 heteroatoms. The summed E-state index contributed by atoms with van der Waals surface area (Å²) < 4.78 is 0. The van der Waals surface area contributed by atoms with Gasteiger partial charge in [-0.3, -0.25) is 29.1 Å². The van der Waals surface area contributed by atoms with Gasteiger partial charge in [-0.2, -0.15) is 0 Å². The smallest absolute Gasteiger partial charge is 0.261 e. The number of halogens is 1. The van der Waals surface area contributed by atoms with Crippen molar-refractivity contribution in [1.29, 1.82) is 0 Å². The Hall–Kier alpha value is -3.19. The van der Waals surface area contributed by atoms with E-state index in [-0.39, 0.29) is 21.5 Å². The third-order valence-electron chi connectivity index (χ3n) is 4.37. The van der Waals surface area contributed by atoms with Gasteiger partial charge in [0, 0.05) is 21.3 Å². The van der Waals surface area contributed by atoms with Crippen LogP contribution in [0.5, 0.6) is 0 Å². The second-order valence-electron chi connectivity index (χ2n) is 5.63. The molecule has 0 bridgehead atoms. The molecule has 0 aliphatic rings. The van der Waals surface area contributed by atoms with Crippen molar-refractivity contribution in [1.82, 2.24) is 15.0 Å². The van der Waals surface area contributed by atoms with Gasteiger partial charge in [0.05, 0.1) is 27.1 Å². The summed E-state index contributed by atoms with van der Waals surface area (Å²) in [5.74, 6) is 0. The molecule has 0 aliphatic carbocycles. The average molecular weight is 340 g/mol. The lowest BCUT2D eigenvalue weighted by Crippen LogP contribution is -2.08. The number of hydrogen-bond donors (Lipinski definition) is 3. The van der Waals surface area contributed by atoms with E-state index in [4.69, 9.17) is 11.6 Å². The SMILES string of the molecule is O=c1[nH]c(=O)c2c1c1[nH]c3cc(Cl)ccc3c1c1c(=O)[nH]c(=O)c21. The molecule has 5 aromatic rings. The molecule has 3 aromatic heterocycles. The minimum atomic E-state index is -0.685. The van der Waals surface area contributed by atoms with Crippen molar-refractivity contribution in [3.63, 3.8) is 0 Å². The molecule has 0 aliphatic heterocycles. The van der Waals surface area contributed by atoms with Crippen LogP contribution in [0.3, 0.4) is 0 Å². The summed E-state index contributed by atoms with van der Waals surface area (Å²) >= 11 is 6.00. The summed E-state index contributed by atoms with van der Waals surface area (Å²) in [4.78, 5) is 56.3. The minimum absolute atomic E-state index is 0.0540. The monoisotopic (exact) mass is 339 g/mol. The van der Waals surface area contributed by atoms with Gasteiger partial charge in [-0.25, -0.2) is 0 Å². The first-order valence-electron chi connectivity index (χ1n) is 6.99. The molecule has 0 atom stereocenters. The summed E-state index contributed by atoms with van der Waals surface area (Å²) in [6.07, 6.45) is 0. The first-order valence-corrected chi connectivity index (χ1v) is 7.37. The zero-order valence-corrected chi connectivity index (χ0v) is 12.5. The van der Waals surface area contributed by atoms with Gasteiger partial charge >= 0.3 is 0 Å². The van der Waals surface area contributed by atoms with Gasteiger partial charge in [0.25, 0.3) is 22.2 Å². The third kappa shape index (κ3) is 1.38. The lowest BCUT2D eigenvalue weighted by atomic mass is 10.0. The maximum absolute atomic E-state index is 12.3. The Labute approximate surface area is 135 Å². The third-order valence-corrected chi connectivity index (χ3v) is 4.61. The van der Waals surface area contributed by atoms with E-state index in [1.807, 2.05) is 0 Å². The zero-order chi connectivity index (χ0) is 16.7. The van der Waals surface area contributed by atoms with Crippen LogP contribution in [0.2, 0.25) is 5.02 Å². The Morgan fingerprint density at radius 2 is 1.21 bits per heavy atom. The summed E-state index contributed by atoms with van der Waals surface area (Å²) in [5.41, 5.74) is -1.61. The van der Waals surface area contributed by atoms with Crippen molar-refractivity contribution in [3.05, 3.63) is 64.6 Å². The normalized spacial score (nSPS) is 12.2. The van der Waals surface area contributed by atoms with Gasteiger partial charge in [0.2, 0.25) is 0 Å². The lowest BCUT2D eigenvalue weighted by Gasteiger charge is -1.96. The molecule has 0 spiro atoms. The molecule has 0 unspecified atom stereocenters. The van der Waals surface area contributed by atoms with Crippen molar-refractivity contribution in [2.45, 2.75) is 0 Å². The highest BCUT2D eigenvalue weighted by Gasteiger charge is 2.23. The number of nitrogens with one attached hydrogen (secondary N) is 3. The van der Waals surface area contributed by atoms with Crippen molar-refractivity contribution < 1.29 is 0 Å². The van der Waals surface area contributed by atoms with E-state index in [1.54, 1.807) is 18.2 Å². The summed E-state index contributed by atoms with van der Waals surface area (Å²) in [5, 5.41) is 1.61. The second-order valence-corrected chi connectivity index (χ2v) is 6.07. The molecule has 3 heterocycles. The second kappa shape index (κ2) is 4.01. The van der Waals surface area contributed by atoms with Crippen molar-refractivity contribution in [2.24, 2.45) is 0 Å². The van der Waals surface area contributed by atoms with Gasteiger partial charge in [-0.15, -0.1) is 0 Å². The van der Waals surface area contributed by atoms with Crippen LogP contribution in [0, 0.1) is 0 Å². The summed E-state index contributed by atoms with van der Waals surface area (Å²) in [6, 6.07) is 5.00. The molecule has 116 valence electrons. The molecule has 0 saturated carbocycles. The highest BCUT2D eigenvalue weighted by Crippen LogP contribution is 2.35. The van der Waals surface area contributed by atoms with Crippen LogP contribution >= 0.6 is 11.6 Å². The average Bonchev–Trinajstić information content (AvgIpc) is 3.11. The van der Waals surface area contributed by atoms with Gasteiger partial charge in [0.1, 0.15) is 0 Å². The van der Waals surface area contributed by atoms with Crippen LogP contribution in [0.1, 0.15) is 0 Å². The molecule has 3 N–H and O–H groups in total. The number of hydrogen-bond acceptors (Lipinski definition) is 4. The number of benzene rings is 2. The lowest BCUT2D eigenvalue weighted by molar-refractivity contribution is 1.26. The maximum Gasteiger partial charge on any atom is 0.261 e. The highest BCUT2D eigenvalue weighted by molar-refractivity contribution is 6.34. The standard InChI is InChI=1S/C16H6ClN3O4/c17-4-1-2-5-6(3-4)18-12-7(5)8-9(14(22)19-13(8)21)10-11(12)16(24)20-15(10)23/h1-3,18H,(H,19,21,22)(H,20,23,24). The number of fused-ring (bicyclic) bond motifs is 8. The molecule has 0 saturated heterocycles. The van der Waals surface area contributed by atoms with E-state index < -0.39 is 22.2 Å². The van der Waals surface area contributed by atoms with Crippen LogP contribution in [0.25, 0.3) is 43.4 Å². The van der Waals surface area contributed by atoms with Crippen LogP contribution < -0.4 is 22.2 Å². The van der Waals surface area contributed by atoms with Gasteiger partial charge in [-0.05, 0) is 12.1 Å². The van der Waals surface area contributed by atoms with E-state index in [0.29, 0.717) is 26.8 Å². The zero-order valence-electron chi connectivity index (χ0n) is 11.7. The molecule has 7 nitrogen and oxygen atoms in total.